The molecule has 1 aromatic carbocycles. The van der Waals surface area contributed by atoms with E-state index in [-0.39, 0.29) is 27.3 Å². The summed E-state index contributed by atoms with van der Waals surface area (Å²) in [5, 5.41) is 14.4. The highest BCUT2D eigenvalue weighted by molar-refractivity contribution is 7.99. The molecule has 11 heteroatoms. The smallest absolute Gasteiger partial charge is 0.234 e. The minimum absolute atomic E-state index is 0.0987. The van der Waals surface area contributed by atoms with Crippen LogP contribution in [0.15, 0.2) is 45.8 Å². The maximum atomic E-state index is 12.5. The van der Waals surface area contributed by atoms with Gasteiger partial charge in [-0.25, -0.2) is 8.42 Å². The molecule has 1 saturated carbocycles. The fourth-order valence-corrected chi connectivity index (χ4v) is 5.28. The molecule has 1 aliphatic carbocycles. The summed E-state index contributed by atoms with van der Waals surface area (Å²) in [4.78, 5) is 13.8. The topological polar surface area (TPSA) is 93.9 Å². The summed E-state index contributed by atoms with van der Waals surface area (Å²) in [7, 11) is -3.40. The molecular weight excluding hydrogens is 464 g/mol. The van der Waals surface area contributed by atoms with Crippen LogP contribution in [0.25, 0.3) is 0 Å². The van der Waals surface area contributed by atoms with Gasteiger partial charge < -0.3 is 9.88 Å². The van der Waals surface area contributed by atoms with Gasteiger partial charge in [0.1, 0.15) is 5.82 Å². The summed E-state index contributed by atoms with van der Waals surface area (Å²) in [6.45, 7) is 0. The normalized spacial score (nSPS) is 14.1. The lowest BCUT2D eigenvalue weighted by atomic mass is 10.3. The Morgan fingerprint density at radius 2 is 2.13 bits per heavy atom. The maximum Gasteiger partial charge on any atom is 0.234 e. The Bertz CT molecular complexity index is 1170. The first-order valence-corrected chi connectivity index (χ1v) is 13.3. The van der Waals surface area contributed by atoms with E-state index in [0.29, 0.717) is 6.04 Å². The van der Waals surface area contributed by atoms with Crippen LogP contribution in [0.4, 0.5) is 5.69 Å². The predicted molar refractivity (Wildman–Crippen MR) is 119 cm³/mol. The number of carbonyl (C=O) groups excluding carboxylic acids is 1. The largest absolute Gasteiger partial charge is 0.324 e. The minimum atomic E-state index is -3.40. The Hall–Kier alpha value is -1.88. The van der Waals surface area contributed by atoms with E-state index in [0.717, 1.165) is 36.5 Å². The van der Waals surface area contributed by atoms with Gasteiger partial charge in [0.05, 0.1) is 21.4 Å². The third kappa shape index (κ3) is 5.05. The molecule has 7 nitrogen and oxygen atoms in total. The monoisotopic (exact) mass is 482 g/mol. The second-order valence-electron chi connectivity index (χ2n) is 7.01. The first-order valence-electron chi connectivity index (χ1n) is 9.19. The van der Waals surface area contributed by atoms with E-state index in [1.54, 1.807) is 11.3 Å². The fourth-order valence-electron chi connectivity index (χ4n) is 2.94. The molecule has 158 valence electrons. The Morgan fingerprint density at radius 3 is 2.80 bits per heavy atom. The summed E-state index contributed by atoms with van der Waals surface area (Å²) in [5.74, 6) is 0.730. The second-order valence-corrected chi connectivity index (χ2v) is 11.4. The van der Waals surface area contributed by atoms with Gasteiger partial charge in [-0.1, -0.05) is 29.4 Å². The highest BCUT2D eigenvalue weighted by Gasteiger charge is 2.30. The van der Waals surface area contributed by atoms with Gasteiger partial charge in [0.2, 0.25) is 5.91 Å². The molecule has 0 spiro atoms. The van der Waals surface area contributed by atoms with Crippen molar-refractivity contribution in [3.8, 4) is 0 Å². The minimum Gasteiger partial charge on any atom is -0.324 e. The number of hydrogen-bond donors (Lipinski definition) is 1. The number of anilines is 1. The number of hydrogen-bond acceptors (Lipinski definition) is 7. The Kier molecular flexibility index (Phi) is 6.19. The van der Waals surface area contributed by atoms with Crippen LogP contribution < -0.4 is 5.32 Å². The summed E-state index contributed by atoms with van der Waals surface area (Å²) in [6.07, 6.45) is 4.00. The van der Waals surface area contributed by atoms with Crippen LogP contribution in [-0.4, -0.2) is 41.1 Å². The zero-order valence-corrected chi connectivity index (χ0v) is 19.2. The van der Waals surface area contributed by atoms with E-state index in [9.17, 15) is 13.2 Å². The van der Waals surface area contributed by atoms with Crippen molar-refractivity contribution in [3.63, 3.8) is 0 Å². The van der Waals surface area contributed by atoms with Gasteiger partial charge in [0.15, 0.2) is 15.0 Å². The molecule has 3 aromatic rings. The second kappa shape index (κ2) is 8.70. The van der Waals surface area contributed by atoms with E-state index < -0.39 is 9.84 Å². The number of halogens is 1. The molecule has 2 aromatic heterocycles. The zero-order valence-electron chi connectivity index (χ0n) is 16.0. The van der Waals surface area contributed by atoms with Crippen molar-refractivity contribution in [1.82, 2.24) is 14.8 Å². The van der Waals surface area contributed by atoms with Crippen molar-refractivity contribution < 1.29 is 13.2 Å². The summed E-state index contributed by atoms with van der Waals surface area (Å²) < 4.78 is 25.6. The molecule has 0 aliphatic heterocycles. The number of nitrogens with zero attached hydrogens (tertiary/aromatic N) is 3. The molecule has 1 N–H and O–H groups in total. The van der Waals surface area contributed by atoms with E-state index in [1.165, 1.54) is 34.8 Å². The van der Waals surface area contributed by atoms with Crippen molar-refractivity contribution in [3.05, 3.63) is 51.4 Å². The number of rotatable bonds is 8. The number of amides is 1. The standard InChI is InChI=1S/C19H19ClN4O3S3/c1-30(26,27)14-6-7-15(20)16(10-14)21-18(25)11-29-19-23-22-17(24(19)12-4-5-12)9-13-3-2-8-28-13/h2-3,6-8,10,12H,4-5,9,11H2,1H3,(H,21,25). The van der Waals surface area contributed by atoms with Gasteiger partial charge in [0.25, 0.3) is 0 Å². The van der Waals surface area contributed by atoms with Crippen LogP contribution in [0, 0.1) is 0 Å². The molecular formula is C19H19ClN4O3S3. The van der Waals surface area contributed by atoms with Crippen LogP contribution in [0.3, 0.4) is 0 Å². The molecule has 0 unspecified atom stereocenters. The maximum absolute atomic E-state index is 12.5. The SMILES string of the molecule is CS(=O)(=O)c1ccc(Cl)c(NC(=O)CSc2nnc(Cc3cccs3)n2C2CC2)c1. The number of thiophene rings is 1. The first-order chi connectivity index (χ1) is 14.3. The highest BCUT2D eigenvalue weighted by atomic mass is 35.5. The van der Waals surface area contributed by atoms with Crippen molar-refractivity contribution in [2.75, 3.05) is 17.3 Å². The number of nitrogens with one attached hydrogen (secondary N) is 1. The van der Waals surface area contributed by atoms with Crippen molar-refractivity contribution in [2.24, 2.45) is 0 Å². The highest BCUT2D eigenvalue weighted by Crippen LogP contribution is 2.39. The van der Waals surface area contributed by atoms with E-state index >= 15 is 0 Å². The van der Waals surface area contributed by atoms with Gasteiger partial charge in [-0.05, 0) is 42.5 Å². The van der Waals surface area contributed by atoms with Crippen LogP contribution in [-0.2, 0) is 21.1 Å². The first kappa shape index (κ1) is 21.4. The van der Waals surface area contributed by atoms with Crippen LogP contribution >= 0.6 is 34.7 Å². The van der Waals surface area contributed by atoms with Gasteiger partial charge in [-0.2, -0.15) is 0 Å². The zero-order chi connectivity index (χ0) is 21.3. The van der Waals surface area contributed by atoms with Crippen molar-refractivity contribution in [2.45, 2.75) is 35.4 Å². The van der Waals surface area contributed by atoms with Gasteiger partial charge in [-0.3, -0.25) is 4.79 Å². The van der Waals surface area contributed by atoms with Gasteiger partial charge in [-0.15, -0.1) is 21.5 Å². The Labute approximate surface area is 187 Å². The summed E-state index contributed by atoms with van der Waals surface area (Å²) in [5.41, 5.74) is 0.271. The molecule has 1 amide bonds. The summed E-state index contributed by atoms with van der Waals surface area (Å²) in [6, 6.07) is 8.72. The van der Waals surface area contributed by atoms with Gasteiger partial charge >= 0.3 is 0 Å². The number of thioether (sulfide) groups is 1. The molecule has 4 rings (SSSR count). The average molecular weight is 483 g/mol. The molecule has 1 fully saturated rings. The third-order valence-electron chi connectivity index (χ3n) is 4.53. The lowest BCUT2D eigenvalue weighted by molar-refractivity contribution is -0.113. The predicted octanol–water partition coefficient (Wildman–Crippen LogP) is 4.05. The number of sulfone groups is 1. The molecule has 2 heterocycles. The molecule has 0 radical (unpaired) electrons. The van der Waals surface area contributed by atoms with E-state index in [1.807, 2.05) is 11.4 Å². The van der Waals surface area contributed by atoms with Crippen molar-refractivity contribution in [1.29, 1.82) is 0 Å². The van der Waals surface area contributed by atoms with Crippen LogP contribution in [0.5, 0.6) is 0 Å². The fraction of sp³-hybridized carbons (Fsp3) is 0.316. The van der Waals surface area contributed by atoms with E-state index in [2.05, 4.69) is 26.1 Å². The van der Waals surface area contributed by atoms with Crippen molar-refractivity contribution >= 4 is 56.1 Å². The molecule has 1 aliphatic rings. The number of aromatic nitrogens is 3. The number of carbonyl (C=O) groups is 1. The lowest BCUT2D eigenvalue weighted by Crippen LogP contribution is -2.15. The quantitative estimate of drug-likeness (QED) is 0.487. The van der Waals surface area contributed by atoms with Crippen LogP contribution in [0.2, 0.25) is 5.02 Å². The van der Waals surface area contributed by atoms with Gasteiger partial charge in [0, 0.05) is 23.6 Å². The van der Waals surface area contributed by atoms with Crippen LogP contribution in [0.1, 0.15) is 29.6 Å². The summed E-state index contributed by atoms with van der Waals surface area (Å²) >= 11 is 9.11. The third-order valence-corrected chi connectivity index (χ3v) is 7.79. The average Bonchev–Trinajstić information content (AvgIpc) is 3.24. The lowest BCUT2D eigenvalue weighted by Gasteiger charge is -2.10. The number of benzene rings is 1. The Morgan fingerprint density at radius 1 is 1.33 bits per heavy atom. The Balaban J connectivity index is 1.44. The molecule has 0 bridgehead atoms. The molecule has 30 heavy (non-hydrogen) atoms. The molecule has 0 saturated heterocycles. The van der Waals surface area contributed by atoms with E-state index in [4.69, 9.17) is 11.6 Å². The molecule has 0 atom stereocenters.